The van der Waals surface area contributed by atoms with Crippen molar-refractivity contribution in [2.75, 3.05) is 23.9 Å². The van der Waals surface area contributed by atoms with E-state index >= 15 is 0 Å². The quantitative estimate of drug-likeness (QED) is 0.491. The number of carbonyl (C=O) groups excluding carboxylic acids is 2. The highest BCUT2D eigenvalue weighted by atomic mass is 32.2. The lowest BCUT2D eigenvalue weighted by Gasteiger charge is -2.30. The van der Waals surface area contributed by atoms with Crippen LogP contribution in [-0.2, 0) is 26.2 Å². The van der Waals surface area contributed by atoms with Gasteiger partial charge in [-0.1, -0.05) is 24.3 Å². The van der Waals surface area contributed by atoms with Crippen LogP contribution in [0.4, 0.5) is 5.69 Å². The van der Waals surface area contributed by atoms with Crippen molar-refractivity contribution in [3.63, 3.8) is 0 Å². The molecule has 1 aliphatic heterocycles. The molecule has 1 N–H and O–H groups in total. The third-order valence-electron chi connectivity index (χ3n) is 6.00. The maximum Gasteiger partial charge on any atom is 0.242 e. The summed E-state index contributed by atoms with van der Waals surface area (Å²) >= 11 is 0. The first-order valence-electron chi connectivity index (χ1n) is 12.0. The Morgan fingerprint density at radius 1 is 1.06 bits per heavy atom. The van der Waals surface area contributed by atoms with E-state index < -0.39 is 16.1 Å². The molecule has 2 aromatic rings. The number of hydrogen-bond acceptors (Lipinski definition) is 6. The molecule has 1 heterocycles. The number of rotatable bonds is 11. The van der Waals surface area contributed by atoms with Crippen molar-refractivity contribution in [3.05, 3.63) is 53.6 Å². The smallest absolute Gasteiger partial charge is 0.242 e. The first kappa shape index (κ1) is 27.3. The molecular formula is C26H35N3O6S. The summed E-state index contributed by atoms with van der Waals surface area (Å²) in [6.45, 7) is 7.90. The van der Waals surface area contributed by atoms with Crippen LogP contribution in [0.5, 0.6) is 11.5 Å². The van der Waals surface area contributed by atoms with Crippen LogP contribution < -0.4 is 19.1 Å². The summed E-state index contributed by atoms with van der Waals surface area (Å²) in [7, 11) is -3.60. The van der Waals surface area contributed by atoms with Crippen LogP contribution in [0.2, 0.25) is 0 Å². The summed E-state index contributed by atoms with van der Waals surface area (Å²) in [6.07, 6.45) is 1.49. The molecule has 1 atom stereocenters. The molecule has 1 aliphatic rings. The summed E-state index contributed by atoms with van der Waals surface area (Å²) in [6, 6.07) is 11.9. The Balaban J connectivity index is 1.74. The van der Waals surface area contributed by atoms with Crippen LogP contribution in [0, 0.1) is 6.92 Å². The van der Waals surface area contributed by atoms with Gasteiger partial charge < -0.3 is 19.7 Å². The fraction of sp³-hybridized carbons (Fsp3) is 0.462. The van der Waals surface area contributed by atoms with Crippen molar-refractivity contribution in [2.24, 2.45) is 0 Å². The number of sulfonamides is 1. The molecule has 0 aromatic heterocycles. The molecule has 196 valence electrons. The maximum absolute atomic E-state index is 13.4. The van der Waals surface area contributed by atoms with Crippen molar-refractivity contribution < 1.29 is 27.5 Å². The normalized spacial score (nSPS) is 13.4. The van der Waals surface area contributed by atoms with E-state index in [1.807, 2.05) is 45.0 Å². The average Bonchev–Trinajstić information content (AvgIpc) is 3.27. The van der Waals surface area contributed by atoms with Crippen LogP contribution in [0.3, 0.4) is 0 Å². The summed E-state index contributed by atoms with van der Waals surface area (Å²) in [5, 5.41) is 2.87. The largest absolute Gasteiger partial charge is 0.454 e. The average molecular weight is 518 g/mol. The van der Waals surface area contributed by atoms with Gasteiger partial charge in [0.1, 0.15) is 6.04 Å². The van der Waals surface area contributed by atoms with Crippen LogP contribution in [-0.4, -0.2) is 56.8 Å². The number of fused-ring (bicyclic) bond motifs is 1. The van der Waals surface area contributed by atoms with E-state index in [2.05, 4.69) is 5.32 Å². The highest BCUT2D eigenvalue weighted by Crippen LogP contribution is 2.36. The van der Waals surface area contributed by atoms with Crippen molar-refractivity contribution in [2.45, 2.75) is 59.2 Å². The molecule has 0 saturated carbocycles. The van der Waals surface area contributed by atoms with Gasteiger partial charge in [0, 0.05) is 31.6 Å². The zero-order valence-corrected chi connectivity index (χ0v) is 22.3. The van der Waals surface area contributed by atoms with Crippen molar-refractivity contribution >= 4 is 27.5 Å². The number of hydrogen-bond donors (Lipinski definition) is 1. The van der Waals surface area contributed by atoms with Crippen LogP contribution in [0.15, 0.2) is 42.5 Å². The molecule has 0 spiro atoms. The van der Waals surface area contributed by atoms with E-state index in [4.69, 9.17) is 9.47 Å². The summed E-state index contributed by atoms with van der Waals surface area (Å²) in [5.41, 5.74) is 2.42. The van der Waals surface area contributed by atoms with Crippen molar-refractivity contribution in [1.29, 1.82) is 0 Å². The zero-order valence-electron chi connectivity index (χ0n) is 21.5. The second kappa shape index (κ2) is 11.6. The molecule has 2 aromatic carbocycles. The fourth-order valence-electron chi connectivity index (χ4n) is 4.00. The van der Waals surface area contributed by atoms with E-state index in [0.717, 1.165) is 17.4 Å². The third kappa shape index (κ3) is 6.90. The first-order valence-corrected chi connectivity index (χ1v) is 13.8. The monoisotopic (exact) mass is 517 g/mol. The van der Waals surface area contributed by atoms with Crippen LogP contribution in [0.1, 0.15) is 44.7 Å². The van der Waals surface area contributed by atoms with E-state index in [9.17, 15) is 18.0 Å². The van der Waals surface area contributed by atoms with E-state index in [-0.39, 0.29) is 50.6 Å². The Kier molecular flexibility index (Phi) is 8.84. The van der Waals surface area contributed by atoms with Gasteiger partial charge in [-0.25, -0.2) is 8.42 Å². The maximum atomic E-state index is 13.4. The van der Waals surface area contributed by atoms with Crippen molar-refractivity contribution in [1.82, 2.24) is 10.2 Å². The van der Waals surface area contributed by atoms with Gasteiger partial charge in [-0.15, -0.1) is 0 Å². The third-order valence-corrected chi connectivity index (χ3v) is 7.19. The molecule has 2 amide bonds. The Morgan fingerprint density at radius 2 is 1.75 bits per heavy atom. The lowest BCUT2D eigenvalue weighted by molar-refractivity contribution is -0.140. The van der Waals surface area contributed by atoms with Gasteiger partial charge in [0.15, 0.2) is 11.5 Å². The molecule has 0 unspecified atom stereocenters. The second-order valence-corrected chi connectivity index (χ2v) is 11.2. The number of amides is 2. The van der Waals surface area contributed by atoms with E-state index in [0.29, 0.717) is 17.2 Å². The van der Waals surface area contributed by atoms with E-state index in [1.165, 1.54) is 4.31 Å². The summed E-state index contributed by atoms with van der Waals surface area (Å²) in [5.74, 6) is 0.586. The van der Waals surface area contributed by atoms with Gasteiger partial charge in [0.2, 0.25) is 28.6 Å². The van der Waals surface area contributed by atoms with E-state index in [1.54, 1.807) is 30.0 Å². The minimum Gasteiger partial charge on any atom is -0.454 e. The summed E-state index contributed by atoms with van der Waals surface area (Å²) < 4.78 is 37.0. The number of ether oxygens (including phenoxy) is 2. The molecule has 9 nitrogen and oxygen atoms in total. The number of carbonyl (C=O) groups is 2. The number of aryl methyl sites for hydroxylation is 1. The van der Waals surface area contributed by atoms with Gasteiger partial charge in [-0.05, 0) is 57.4 Å². The SMILES string of the molecule is Cc1ccccc1CN(C(=O)CCCN(c1ccc2c(c1)OCO2)S(C)(=O)=O)[C@@H](C)C(=O)NC(C)C. The Morgan fingerprint density at radius 3 is 2.42 bits per heavy atom. The predicted molar refractivity (Wildman–Crippen MR) is 138 cm³/mol. The minimum atomic E-state index is -3.60. The molecule has 3 rings (SSSR count). The van der Waals surface area contributed by atoms with Crippen LogP contribution >= 0.6 is 0 Å². The summed E-state index contributed by atoms with van der Waals surface area (Å²) in [4.78, 5) is 27.7. The Bertz CT molecular complexity index is 1200. The molecular weight excluding hydrogens is 482 g/mol. The highest BCUT2D eigenvalue weighted by molar-refractivity contribution is 7.92. The van der Waals surface area contributed by atoms with Gasteiger partial charge in [0.25, 0.3) is 0 Å². The lowest BCUT2D eigenvalue weighted by atomic mass is 10.1. The Labute approximate surface area is 213 Å². The van der Waals surface area contributed by atoms with Gasteiger partial charge in [-0.2, -0.15) is 0 Å². The number of anilines is 1. The highest BCUT2D eigenvalue weighted by Gasteiger charge is 2.27. The zero-order chi connectivity index (χ0) is 26.5. The van der Waals surface area contributed by atoms with Gasteiger partial charge >= 0.3 is 0 Å². The molecule has 36 heavy (non-hydrogen) atoms. The number of benzene rings is 2. The number of nitrogens with one attached hydrogen (secondary N) is 1. The molecule has 0 saturated heterocycles. The van der Waals surface area contributed by atoms with Gasteiger partial charge in [-0.3, -0.25) is 13.9 Å². The molecule has 0 fully saturated rings. The minimum absolute atomic E-state index is 0.0552. The standard InChI is InChI=1S/C26H35N3O6S/c1-18(2)27-26(31)20(4)28(16-21-10-7-6-9-19(21)3)25(30)11-8-14-29(36(5,32)33)22-12-13-23-24(15-22)35-17-34-23/h6-7,9-10,12-13,15,18,20H,8,11,14,16-17H2,1-5H3,(H,27,31)/t20-/m0/s1. The second-order valence-electron chi connectivity index (χ2n) is 9.26. The van der Waals surface area contributed by atoms with Crippen molar-refractivity contribution in [3.8, 4) is 11.5 Å². The molecule has 0 bridgehead atoms. The van der Waals surface area contributed by atoms with Crippen LogP contribution in [0.25, 0.3) is 0 Å². The molecule has 0 aliphatic carbocycles. The molecule has 10 heteroatoms. The lowest BCUT2D eigenvalue weighted by Crippen LogP contribution is -2.49. The topological polar surface area (TPSA) is 105 Å². The fourth-order valence-corrected chi connectivity index (χ4v) is 4.96. The molecule has 0 radical (unpaired) electrons. The predicted octanol–water partition coefficient (Wildman–Crippen LogP) is 3.21. The van der Waals surface area contributed by atoms with Gasteiger partial charge in [0.05, 0.1) is 11.9 Å². The Hall–Kier alpha value is -3.27. The number of nitrogens with zero attached hydrogens (tertiary/aromatic N) is 2. The first-order chi connectivity index (χ1) is 17.0.